The Morgan fingerprint density at radius 2 is 1.70 bits per heavy atom. The highest BCUT2D eigenvalue weighted by Crippen LogP contribution is 2.37. The summed E-state index contributed by atoms with van der Waals surface area (Å²) < 4.78 is 10.7. The molecule has 5 rings (SSSR count). The SMILES string of the molecule is COc1ccc(OC)c(N2C(=O)C(=Cc3cc4c5c(c3)CCCN5CCC4)C(=O)NC2=S)c1. The van der Waals surface area contributed by atoms with Crippen LogP contribution in [0.15, 0.2) is 35.9 Å². The monoisotopic (exact) mass is 463 g/mol. The fraction of sp³-hybridized carbons (Fsp3) is 0.320. The molecule has 2 aromatic carbocycles. The molecule has 0 aliphatic carbocycles. The fourth-order valence-corrected chi connectivity index (χ4v) is 5.20. The number of carbonyl (C=O) groups is 2. The molecular formula is C25H25N3O4S. The van der Waals surface area contributed by atoms with Crippen LogP contribution in [0.2, 0.25) is 0 Å². The van der Waals surface area contributed by atoms with E-state index in [2.05, 4.69) is 22.3 Å². The number of thiocarbonyl (C=S) groups is 1. The number of ether oxygens (including phenoxy) is 2. The van der Waals surface area contributed by atoms with Crippen molar-refractivity contribution >= 4 is 46.6 Å². The van der Waals surface area contributed by atoms with Gasteiger partial charge >= 0.3 is 0 Å². The Balaban J connectivity index is 1.56. The summed E-state index contributed by atoms with van der Waals surface area (Å²) in [6.07, 6.45) is 5.91. The van der Waals surface area contributed by atoms with Gasteiger partial charge in [-0.2, -0.15) is 0 Å². The summed E-state index contributed by atoms with van der Waals surface area (Å²) in [5, 5.41) is 2.66. The van der Waals surface area contributed by atoms with Crippen LogP contribution < -0.4 is 24.6 Å². The highest BCUT2D eigenvalue weighted by molar-refractivity contribution is 7.80. The Bertz CT molecular complexity index is 1180. The van der Waals surface area contributed by atoms with Gasteiger partial charge in [0.25, 0.3) is 11.8 Å². The van der Waals surface area contributed by atoms with E-state index in [-0.39, 0.29) is 10.7 Å². The minimum atomic E-state index is -0.504. The normalized spacial score (nSPS) is 18.8. The minimum absolute atomic E-state index is 0.00452. The number of nitrogens with zero attached hydrogens (tertiary/aromatic N) is 2. The van der Waals surface area contributed by atoms with Crippen LogP contribution in [-0.2, 0) is 22.4 Å². The van der Waals surface area contributed by atoms with E-state index < -0.39 is 11.8 Å². The number of aryl methyl sites for hydroxylation is 2. The van der Waals surface area contributed by atoms with Gasteiger partial charge in [-0.1, -0.05) is 0 Å². The van der Waals surface area contributed by atoms with Gasteiger partial charge in [0, 0.05) is 24.8 Å². The molecule has 2 aromatic rings. The second-order valence-electron chi connectivity index (χ2n) is 8.38. The van der Waals surface area contributed by atoms with Crippen molar-refractivity contribution in [2.45, 2.75) is 25.7 Å². The Kier molecular flexibility index (Phi) is 5.54. The van der Waals surface area contributed by atoms with Crippen LogP contribution in [0.1, 0.15) is 29.5 Å². The number of hydrogen-bond donors (Lipinski definition) is 1. The van der Waals surface area contributed by atoms with Gasteiger partial charge in [-0.05, 0) is 84.9 Å². The summed E-state index contributed by atoms with van der Waals surface area (Å²) in [6.45, 7) is 2.19. The lowest BCUT2D eigenvalue weighted by Crippen LogP contribution is -2.54. The van der Waals surface area contributed by atoms with Crippen molar-refractivity contribution in [2.75, 3.05) is 37.1 Å². The zero-order chi connectivity index (χ0) is 23.1. The molecule has 33 heavy (non-hydrogen) atoms. The van der Waals surface area contributed by atoms with Gasteiger partial charge in [0.05, 0.1) is 19.9 Å². The maximum Gasteiger partial charge on any atom is 0.270 e. The van der Waals surface area contributed by atoms with Crippen molar-refractivity contribution in [1.82, 2.24) is 5.32 Å². The number of methoxy groups -OCH3 is 2. The average Bonchev–Trinajstić information content (AvgIpc) is 2.82. The van der Waals surface area contributed by atoms with Gasteiger partial charge in [-0.3, -0.25) is 14.9 Å². The first-order valence-electron chi connectivity index (χ1n) is 11.0. The van der Waals surface area contributed by atoms with Gasteiger partial charge < -0.3 is 14.4 Å². The maximum atomic E-state index is 13.5. The first-order chi connectivity index (χ1) is 16.0. The molecule has 2 amide bonds. The number of rotatable bonds is 4. The van der Waals surface area contributed by atoms with E-state index in [4.69, 9.17) is 21.7 Å². The third-order valence-corrected chi connectivity index (χ3v) is 6.68. The lowest BCUT2D eigenvalue weighted by atomic mass is 9.89. The van der Waals surface area contributed by atoms with Crippen LogP contribution in [-0.4, -0.2) is 44.2 Å². The van der Waals surface area contributed by atoms with E-state index >= 15 is 0 Å². The first-order valence-corrected chi connectivity index (χ1v) is 11.4. The standard InChI is InChI=1S/C25H25N3O4S/c1-31-18-7-8-21(32-2)20(14-18)28-24(30)19(23(29)26-25(28)33)13-15-11-16-5-3-9-27-10-4-6-17(12-15)22(16)27/h7-8,11-14H,3-6,9-10H2,1-2H3,(H,26,29,33). The predicted molar refractivity (Wildman–Crippen MR) is 131 cm³/mol. The number of nitrogens with one attached hydrogen (secondary N) is 1. The maximum absolute atomic E-state index is 13.5. The highest BCUT2D eigenvalue weighted by Gasteiger charge is 2.36. The summed E-state index contributed by atoms with van der Waals surface area (Å²) in [4.78, 5) is 30.1. The summed E-state index contributed by atoms with van der Waals surface area (Å²) >= 11 is 5.35. The fourth-order valence-electron chi connectivity index (χ4n) is 4.93. The molecule has 0 bridgehead atoms. The molecule has 0 radical (unpaired) electrons. The van der Waals surface area contributed by atoms with Crippen molar-refractivity contribution in [3.63, 3.8) is 0 Å². The molecule has 3 aliphatic heterocycles. The number of carbonyl (C=O) groups excluding carboxylic acids is 2. The topological polar surface area (TPSA) is 71.1 Å². The molecule has 170 valence electrons. The van der Waals surface area contributed by atoms with E-state index in [0.717, 1.165) is 44.3 Å². The number of benzene rings is 2. The van der Waals surface area contributed by atoms with Crippen molar-refractivity contribution in [3.8, 4) is 11.5 Å². The van der Waals surface area contributed by atoms with Gasteiger partial charge in [0.1, 0.15) is 17.1 Å². The number of anilines is 2. The summed E-state index contributed by atoms with van der Waals surface area (Å²) in [5.41, 5.74) is 5.22. The molecule has 0 atom stereocenters. The second-order valence-corrected chi connectivity index (χ2v) is 8.76. The Morgan fingerprint density at radius 3 is 2.33 bits per heavy atom. The molecule has 1 saturated heterocycles. The molecular weight excluding hydrogens is 438 g/mol. The Labute approximate surface area is 198 Å². The Morgan fingerprint density at radius 1 is 1.00 bits per heavy atom. The summed E-state index contributed by atoms with van der Waals surface area (Å²) in [7, 11) is 3.05. The number of amides is 2. The second kappa shape index (κ2) is 8.51. The van der Waals surface area contributed by atoms with Crippen LogP contribution >= 0.6 is 12.2 Å². The molecule has 1 N–H and O–H groups in total. The molecule has 1 fully saturated rings. The van der Waals surface area contributed by atoms with Gasteiger partial charge in [-0.15, -0.1) is 0 Å². The average molecular weight is 464 g/mol. The van der Waals surface area contributed by atoms with Crippen molar-refractivity contribution in [1.29, 1.82) is 0 Å². The zero-order valence-corrected chi connectivity index (χ0v) is 19.5. The third kappa shape index (κ3) is 3.74. The van der Waals surface area contributed by atoms with Crippen molar-refractivity contribution in [2.24, 2.45) is 0 Å². The van der Waals surface area contributed by atoms with Gasteiger partial charge in [0.2, 0.25) is 0 Å². The van der Waals surface area contributed by atoms with Crippen LogP contribution in [0.4, 0.5) is 11.4 Å². The van der Waals surface area contributed by atoms with Crippen LogP contribution in [0.25, 0.3) is 6.08 Å². The highest BCUT2D eigenvalue weighted by atomic mass is 32.1. The van der Waals surface area contributed by atoms with Crippen LogP contribution in [0.5, 0.6) is 11.5 Å². The molecule has 3 heterocycles. The van der Waals surface area contributed by atoms with E-state index in [0.29, 0.717) is 17.2 Å². The zero-order valence-electron chi connectivity index (χ0n) is 18.6. The first kappa shape index (κ1) is 21.5. The van der Waals surface area contributed by atoms with Crippen molar-refractivity contribution in [3.05, 3.63) is 52.6 Å². The Hall–Kier alpha value is -3.39. The quantitative estimate of drug-likeness (QED) is 0.427. The molecule has 8 heteroatoms. The molecule has 0 aromatic heterocycles. The van der Waals surface area contributed by atoms with Crippen molar-refractivity contribution < 1.29 is 19.1 Å². The van der Waals surface area contributed by atoms with E-state index in [9.17, 15) is 9.59 Å². The predicted octanol–water partition coefficient (Wildman–Crippen LogP) is 3.23. The summed E-state index contributed by atoms with van der Waals surface area (Å²) in [5.74, 6) is -0.0122. The molecule has 0 unspecified atom stereocenters. The van der Waals surface area contributed by atoms with Gasteiger partial charge in [-0.25, -0.2) is 4.90 Å². The van der Waals surface area contributed by atoms with E-state index in [1.807, 2.05) is 0 Å². The van der Waals surface area contributed by atoms with Crippen LogP contribution in [0.3, 0.4) is 0 Å². The third-order valence-electron chi connectivity index (χ3n) is 6.39. The smallest absolute Gasteiger partial charge is 0.270 e. The lowest BCUT2D eigenvalue weighted by molar-refractivity contribution is -0.122. The largest absolute Gasteiger partial charge is 0.497 e. The van der Waals surface area contributed by atoms with Gasteiger partial charge in [0.15, 0.2) is 5.11 Å². The van der Waals surface area contributed by atoms with E-state index in [1.54, 1.807) is 31.4 Å². The molecule has 0 spiro atoms. The minimum Gasteiger partial charge on any atom is -0.497 e. The van der Waals surface area contributed by atoms with Crippen LogP contribution in [0, 0.1) is 0 Å². The van der Waals surface area contributed by atoms with E-state index in [1.165, 1.54) is 28.8 Å². The lowest BCUT2D eigenvalue weighted by Gasteiger charge is -2.37. The molecule has 3 aliphatic rings. The summed E-state index contributed by atoms with van der Waals surface area (Å²) in [6, 6.07) is 9.30. The number of hydrogen-bond acceptors (Lipinski definition) is 6. The molecule has 7 nitrogen and oxygen atoms in total. The molecule has 0 saturated carbocycles.